The van der Waals surface area contributed by atoms with Gasteiger partial charge in [-0.1, -0.05) is 41.9 Å². The van der Waals surface area contributed by atoms with Crippen LogP contribution in [0.3, 0.4) is 0 Å². The van der Waals surface area contributed by atoms with Gasteiger partial charge in [-0.05, 0) is 67.9 Å². The molecule has 1 heterocycles. The lowest BCUT2D eigenvalue weighted by Gasteiger charge is -2.15. The van der Waals surface area contributed by atoms with Crippen LogP contribution in [0, 0.1) is 13.8 Å². The second-order valence-corrected chi connectivity index (χ2v) is 10.3. The van der Waals surface area contributed by atoms with Gasteiger partial charge in [-0.15, -0.1) is 0 Å². The summed E-state index contributed by atoms with van der Waals surface area (Å²) in [5.74, 6) is -0.259. The Morgan fingerprint density at radius 1 is 0.909 bits per heavy atom. The fraction of sp³-hybridized carbons (Fsp3) is 0.115. The zero-order valence-electron chi connectivity index (χ0n) is 18.5. The summed E-state index contributed by atoms with van der Waals surface area (Å²) in [4.78, 5) is 13.3. The van der Waals surface area contributed by atoms with E-state index in [9.17, 15) is 13.2 Å². The molecule has 0 aliphatic carbocycles. The van der Waals surface area contributed by atoms with Gasteiger partial charge >= 0.3 is 0 Å². The van der Waals surface area contributed by atoms with Crippen molar-refractivity contribution in [3.8, 4) is 16.8 Å². The monoisotopic (exact) mass is 478 g/mol. The summed E-state index contributed by atoms with van der Waals surface area (Å²) in [5.41, 5.74) is 5.82. The predicted octanol–water partition coefficient (Wildman–Crippen LogP) is 6.07. The summed E-state index contributed by atoms with van der Waals surface area (Å²) < 4.78 is 25.4. The number of anilines is 1. The molecule has 1 N–H and O–H groups in total. The van der Waals surface area contributed by atoms with Crippen molar-refractivity contribution in [2.45, 2.75) is 18.7 Å². The SMILES string of the molecule is Cc1cc(C(=O)Nc2ccc(S(C)(=O)=O)cc2)c(C)n1-c1ccccc1-c1ccc(Cl)cc1. The molecule has 168 valence electrons. The van der Waals surface area contributed by atoms with Crippen molar-refractivity contribution < 1.29 is 13.2 Å². The van der Waals surface area contributed by atoms with Crippen LogP contribution in [-0.2, 0) is 9.84 Å². The number of hydrogen-bond donors (Lipinski definition) is 1. The number of carbonyl (C=O) groups excluding carboxylic acids is 1. The normalized spacial score (nSPS) is 11.4. The minimum absolute atomic E-state index is 0.206. The highest BCUT2D eigenvalue weighted by atomic mass is 35.5. The molecule has 0 bridgehead atoms. The molecular formula is C26H23ClN2O3S. The van der Waals surface area contributed by atoms with Crippen molar-refractivity contribution >= 4 is 33.0 Å². The van der Waals surface area contributed by atoms with Gasteiger partial charge in [0.15, 0.2) is 9.84 Å². The molecular weight excluding hydrogens is 456 g/mol. The van der Waals surface area contributed by atoms with E-state index in [2.05, 4.69) is 9.88 Å². The largest absolute Gasteiger partial charge is 0.322 e. The summed E-state index contributed by atoms with van der Waals surface area (Å²) in [7, 11) is -3.29. The summed E-state index contributed by atoms with van der Waals surface area (Å²) >= 11 is 6.06. The third kappa shape index (κ3) is 4.72. The van der Waals surface area contributed by atoms with Crippen LogP contribution in [0.2, 0.25) is 5.02 Å². The van der Waals surface area contributed by atoms with Gasteiger partial charge in [0.05, 0.1) is 16.1 Å². The lowest BCUT2D eigenvalue weighted by Crippen LogP contribution is -2.13. The maximum absolute atomic E-state index is 13.0. The van der Waals surface area contributed by atoms with E-state index in [-0.39, 0.29) is 10.8 Å². The van der Waals surface area contributed by atoms with Gasteiger partial charge in [-0.2, -0.15) is 0 Å². The minimum atomic E-state index is -3.29. The number of carbonyl (C=O) groups is 1. The molecule has 7 heteroatoms. The zero-order valence-corrected chi connectivity index (χ0v) is 20.0. The van der Waals surface area contributed by atoms with Gasteiger partial charge in [-0.25, -0.2) is 8.42 Å². The fourth-order valence-corrected chi connectivity index (χ4v) is 4.65. The van der Waals surface area contributed by atoms with Crippen LogP contribution < -0.4 is 5.32 Å². The Labute approximate surface area is 198 Å². The van der Waals surface area contributed by atoms with Gasteiger partial charge < -0.3 is 9.88 Å². The molecule has 0 unspecified atom stereocenters. The molecule has 4 aromatic rings. The third-order valence-electron chi connectivity index (χ3n) is 5.52. The Morgan fingerprint density at radius 3 is 2.18 bits per heavy atom. The fourth-order valence-electron chi connectivity index (χ4n) is 3.89. The molecule has 5 nitrogen and oxygen atoms in total. The number of benzene rings is 3. The first-order valence-electron chi connectivity index (χ1n) is 10.3. The molecule has 3 aromatic carbocycles. The van der Waals surface area contributed by atoms with Crippen LogP contribution >= 0.6 is 11.6 Å². The van der Waals surface area contributed by atoms with Gasteiger partial charge in [0.2, 0.25) is 0 Å². The highest BCUT2D eigenvalue weighted by Crippen LogP contribution is 2.31. The molecule has 0 radical (unpaired) electrons. The molecule has 0 saturated heterocycles. The minimum Gasteiger partial charge on any atom is -0.322 e. The molecule has 0 atom stereocenters. The van der Waals surface area contributed by atoms with Crippen molar-refractivity contribution in [2.75, 3.05) is 11.6 Å². The molecule has 1 aromatic heterocycles. The van der Waals surface area contributed by atoms with Gasteiger partial charge in [0.25, 0.3) is 5.91 Å². The highest BCUT2D eigenvalue weighted by Gasteiger charge is 2.19. The number of nitrogens with zero attached hydrogens (tertiary/aromatic N) is 1. The van der Waals surface area contributed by atoms with Crippen molar-refractivity contribution in [1.82, 2.24) is 4.57 Å². The maximum atomic E-state index is 13.0. The number of aryl methyl sites for hydroxylation is 1. The second kappa shape index (κ2) is 8.89. The smallest absolute Gasteiger partial charge is 0.257 e. The van der Waals surface area contributed by atoms with E-state index in [1.807, 2.05) is 68.4 Å². The van der Waals surface area contributed by atoms with Crippen LogP contribution in [0.25, 0.3) is 16.8 Å². The number of sulfone groups is 1. The van der Waals surface area contributed by atoms with Gasteiger partial charge in [0.1, 0.15) is 0 Å². The number of rotatable bonds is 5. The van der Waals surface area contributed by atoms with Crippen molar-refractivity contribution in [3.05, 3.63) is 101 Å². The van der Waals surface area contributed by atoms with Gasteiger partial charge in [-0.3, -0.25) is 4.79 Å². The van der Waals surface area contributed by atoms with Crippen LogP contribution in [0.4, 0.5) is 5.69 Å². The summed E-state index contributed by atoms with van der Waals surface area (Å²) in [6.07, 6.45) is 1.15. The van der Waals surface area contributed by atoms with Crippen molar-refractivity contribution in [3.63, 3.8) is 0 Å². The number of aromatic nitrogens is 1. The molecule has 0 spiro atoms. The van der Waals surface area contributed by atoms with E-state index in [1.165, 1.54) is 12.1 Å². The Kier molecular flexibility index (Phi) is 6.15. The number of hydrogen-bond acceptors (Lipinski definition) is 3. The maximum Gasteiger partial charge on any atom is 0.257 e. The van der Waals surface area contributed by atoms with Crippen LogP contribution in [0.15, 0.2) is 83.8 Å². The Bertz CT molecular complexity index is 1440. The molecule has 0 saturated carbocycles. The van der Waals surface area contributed by atoms with E-state index >= 15 is 0 Å². The Morgan fingerprint density at radius 2 is 1.55 bits per heavy atom. The average molecular weight is 479 g/mol. The Hall–Kier alpha value is -3.35. The lowest BCUT2D eigenvalue weighted by atomic mass is 10.0. The number of halogens is 1. The molecule has 0 aliphatic heterocycles. The van der Waals surface area contributed by atoms with Gasteiger partial charge in [0, 0.05) is 33.9 Å². The van der Waals surface area contributed by atoms with Crippen LogP contribution in [-0.4, -0.2) is 25.1 Å². The molecule has 1 amide bonds. The standard InChI is InChI=1S/C26H23ClN2O3S/c1-17-16-24(26(30)28-21-12-14-22(15-13-21)33(3,31)32)18(2)29(17)25-7-5-4-6-23(25)19-8-10-20(27)11-9-19/h4-16H,1-3H3,(H,28,30). The first-order chi connectivity index (χ1) is 15.6. The lowest BCUT2D eigenvalue weighted by molar-refractivity contribution is 0.102. The van der Waals surface area contributed by atoms with E-state index in [4.69, 9.17) is 11.6 Å². The van der Waals surface area contributed by atoms with Crippen LogP contribution in [0.1, 0.15) is 21.7 Å². The molecule has 4 rings (SSSR count). The van der Waals surface area contributed by atoms with E-state index in [0.29, 0.717) is 16.3 Å². The van der Waals surface area contributed by atoms with Crippen molar-refractivity contribution in [1.29, 1.82) is 0 Å². The van der Waals surface area contributed by atoms with E-state index in [1.54, 1.807) is 12.1 Å². The average Bonchev–Trinajstić information content (AvgIpc) is 3.08. The van der Waals surface area contributed by atoms with E-state index < -0.39 is 9.84 Å². The first-order valence-corrected chi connectivity index (χ1v) is 12.6. The third-order valence-corrected chi connectivity index (χ3v) is 6.90. The molecule has 33 heavy (non-hydrogen) atoms. The molecule has 0 fully saturated rings. The quantitative estimate of drug-likeness (QED) is 0.378. The topological polar surface area (TPSA) is 68.2 Å². The summed E-state index contributed by atoms with van der Waals surface area (Å²) in [5, 5.41) is 3.53. The first kappa shape index (κ1) is 22.8. The predicted molar refractivity (Wildman–Crippen MR) is 133 cm³/mol. The highest BCUT2D eigenvalue weighted by molar-refractivity contribution is 7.90. The zero-order chi connectivity index (χ0) is 23.8. The molecule has 0 aliphatic rings. The second-order valence-electron chi connectivity index (χ2n) is 7.89. The van der Waals surface area contributed by atoms with Crippen LogP contribution in [0.5, 0.6) is 0 Å². The number of nitrogens with one attached hydrogen (secondary N) is 1. The summed E-state index contributed by atoms with van der Waals surface area (Å²) in [6, 6.07) is 23.7. The summed E-state index contributed by atoms with van der Waals surface area (Å²) in [6.45, 7) is 3.87. The number of amides is 1. The van der Waals surface area contributed by atoms with E-state index in [0.717, 1.165) is 34.5 Å². The number of para-hydroxylation sites is 1. The van der Waals surface area contributed by atoms with Crippen molar-refractivity contribution in [2.24, 2.45) is 0 Å². The Balaban J connectivity index is 1.68.